The Hall–Kier alpha value is -1.51. The number of benzene rings is 1. The van der Waals surface area contributed by atoms with Gasteiger partial charge in [-0.3, -0.25) is 4.79 Å². The first-order valence-electron chi connectivity index (χ1n) is 7.17. The van der Waals surface area contributed by atoms with E-state index in [-0.39, 0.29) is 11.9 Å². The first kappa shape index (κ1) is 15.5. The van der Waals surface area contributed by atoms with Crippen molar-refractivity contribution in [2.24, 2.45) is 0 Å². The monoisotopic (exact) mass is 262 g/mol. The van der Waals surface area contributed by atoms with Crippen molar-refractivity contribution in [3.63, 3.8) is 0 Å². The summed E-state index contributed by atoms with van der Waals surface area (Å²) in [7, 11) is 0. The molecule has 1 amide bonds. The van der Waals surface area contributed by atoms with E-state index in [4.69, 9.17) is 0 Å². The molecule has 1 atom stereocenters. The summed E-state index contributed by atoms with van der Waals surface area (Å²) in [6.07, 6.45) is 0.972. The fraction of sp³-hybridized carbons (Fsp3) is 0.562. The van der Waals surface area contributed by atoms with Gasteiger partial charge in [0.2, 0.25) is 0 Å². The van der Waals surface area contributed by atoms with Crippen LogP contribution in [0, 0.1) is 0 Å². The van der Waals surface area contributed by atoms with E-state index in [9.17, 15) is 4.79 Å². The molecule has 1 aromatic rings. The Bertz CT molecular complexity index is 415. The highest BCUT2D eigenvalue weighted by molar-refractivity contribution is 5.99. The number of amides is 1. The molecule has 19 heavy (non-hydrogen) atoms. The minimum absolute atomic E-state index is 0.112. The van der Waals surface area contributed by atoms with Crippen LogP contribution < -0.4 is 5.32 Å². The van der Waals surface area contributed by atoms with E-state index in [1.807, 2.05) is 36.1 Å². The molecular formula is C16H26N2O. The van der Waals surface area contributed by atoms with E-state index in [0.29, 0.717) is 6.04 Å². The lowest BCUT2D eigenvalue weighted by molar-refractivity contribution is 0.0701. The van der Waals surface area contributed by atoms with E-state index < -0.39 is 0 Å². The van der Waals surface area contributed by atoms with Crippen LogP contribution >= 0.6 is 0 Å². The molecular weight excluding hydrogens is 236 g/mol. The van der Waals surface area contributed by atoms with E-state index in [0.717, 1.165) is 24.2 Å². The van der Waals surface area contributed by atoms with Gasteiger partial charge in [0, 0.05) is 24.3 Å². The van der Waals surface area contributed by atoms with Crippen molar-refractivity contribution < 1.29 is 4.79 Å². The molecule has 0 aliphatic rings. The van der Waals surface area contributed by atoms with Crippen LogP contribution in [0.1, 0.15) is 51.4 Å². The van der Waals surface area contributed by atoms with Crippen LogP contribution in [0.3, 0.4) is 0 Å². The second-order valence-corrected chi connectivity index (χ2v) is 5.19. The van der Waals surface area contributed by atoms with Crippen LogP contribution in [-0.4, -0.2) is 29.4 Å². The smallest absolute Gasteiger partial charge is 0.256 e. The fourth-order valence-corrected chi connectivity index (χ4v) is 2.14. The third kappa shape index (κ3) is 3.98. The summed E-state index contributed by atoms with van der Waals surface area (Å²) < 4.78 is 0. The zero-order valence-corrected chi connectivity index (χ0v) is 12.7. The second-order valence-electron chi connectivity index (χ2n) is 5.19. The van der Waals surface area contributed by atoms with Crippen molar-refractivity contribution in [3.05, 3.63) is 29.8 Å². The molecule has 0 fully saturated rings. The minimum atomic E-state index is 0.112. The molecule has 0 aromatic heterocycles. The summed E-state index contributed by atoms with van der Waals surface area (Å²) in [4.78, 5) is 14.6. The molecule has 0 radical (unpaired) electrons. The zero-order valence-electron chi connectivity index (χ0n) is 12.7. The third-order valence-electron chi connectivity index (χ3n) is 3.33. The fourth-order valence-electron chi connectivity index (χ4n) is 2.14. The van der Waals surface area contributed by atoms with Crippen LogP contribution in [0.4, 0.5) is 5.69 Å². The van der Waals surface area contributed by atoms with Gasteiger partial charge in [0.15, 0.2) is 0 Å². The number of para-hydroxylation sites is 1. The number of hydrogen-bond acceptors (Lipinski definition) is 2. The summed E-state index contributed by atoms with van der Waals surface area (Å²) in [6.45, 7) is 11.1. The van der Waals surface area contributed by atoms with Crippen LogP contribution in [0.2, 0.25) is 0 Å². The normalized spacial score (nSPS) is 12.3. The molecule has 1 aromatic carbocycles. The second kappa shape index (κ2) is 7.17. The Morgan fingerprint density at radius 3 is 2.37 bits per heavy atom. The average Bonchev–Trinajstić information content (AvgIpc) is 2.39. The SMILES string of the molecule is CCC(C)N(CC)C(=O)c1ccccc1NC(C)C. The Morgan fingerprint density at radius 1 is 1.21 bits per heavy atom. The molecule has 3 nitrogen and oxygen atoms in total. The van der Waals surface area contributed by atoms with Gasteiger partial charge >= 0.3 is 0 Å². The van der Waals surface area contributed by atoms with Crippen LogP contribution in [0.15, 0.2) is 24.3 Å². The first-order chi connectivity index (χ1) is 9.01. The van der Waals surface area contributed by atoms with Crippen molar-refractivity contribution in [2.45, 2.75) is 53.1 Å². The van der Waals surface area contributed by atoms with E-state index in [1.54, 1.807) is 0 Å². The van der Waals surface area contributed by atoms with Crippen molar-refractivity contribution in [2.75, 3.05) is 11.9 Å². The number of rotatable bonds is 6. The summed E-state index contributed by atoms with van der Waals surface area (Å²) >= 11 is 0. The highest BCUT2D eigenvalue weighted by Crippen LogP contribution is 2.20. The molecule has 0 saturated carbocycles. The molecule has 0 aliphatic heterocycles. The lowest BCUT2D eigenvalue weighted by atomic mass is 10.1. The van der Waals surface area contributed by atoms with Crippen LogP contribution in [0.25, 0.3) is 0 Å². The molecule has 0 aliphatic carbocycles. The Balaban J connectivity index is 3.04. The molecule has 0 bridgehead atoms. The molecule has 106 valence electrons. The topological polar surface area (TPSA) is 32.3 Å². The Labute approximate surface area is 117 Å². The van der Waals surface area contributed by atoms with Crippen LogP contribution in [-0.2, 0) is 0 Å². The quantitative estimate of drug-likeness (QED) is 0.846. The maximum atomic E-state index is 12.7. The van der Waals surface area contributed by atoms with Crippen molar-refractivity contribution in [1.29, 1.82) is 0 Å². The lowest BCUT2D eigenvalue weighted by Gasteiger charge is -2.28. The number of nitrogens with one attached hydrogen (secondary N) is 1. The largest absolute Gasteiger partial charge is 0.382 e. The molecule has 1 N–H and O–H groups in total. The molecule has 1 rings (SSSR count). The Morgan fingerprint density at radius 2 is 1.84 bits per heavy atom. The van der Waals surface area contributed by atoms with Crippen molar-refractivity contribution in [1.82, 2.24) is 4.90 Å². The minimum Gasteiger partial charge on any atom is -0.382 e. The first-order valence-corrected chi connectivity index (χ1v) is 7.17. The van der Waals surface area contributed by atoms with Gasteiger partial charge in [-0.1, -0.05) is 19.1 Å². The van der Waals surface area contributed by atoms with E-state index >= 15 is 0 Å². The third-order valence-corrected chi connectivity index (χ3v) is 3.33. The van der Waals surface area contributed by atoms with Gasteiger partial charge in [-0.15, -0.1) is 0 Å². The number of hydrogen-bond donors (Lipinski definition) is 1. The van der Waals surface area contributed by atoms with Crippen molar-refractivity contribution in [3.8, 4) is 0 Å². The lowest BCUT2D eigenvalue weighted by Crippen LogP contribution is -2.38. The molecule has 3 heteroatoms. The van der Waals surface area contributed by atoms with Crippen LogP contribution in [0.5, 0.6) is 0 Å². The maximum absolute atomic E-state index is 12.7. The number of nitrogens with zero attached hydrogens (tertiary/aromatic N) is 1. The number of anilines is 1. The number of carbonyl (C=O) groups excluding carboxylic acids is 1. The maximum Gasteiger partial charge on any atom is 0.256 e. The predicted octanol–water partition coefficient (Wildman–Crippen LogP) is 3.77. The van der Waals surface area contributed by atoms with Gasteiger partial charge in [0.1, 0.15) is 0 Å². The summed E-state index contributed by atoms with van der Waals surface area (Å²) in [5.74, 6) is 0.112. The van der Waals surface area contributed by atoms with Gasteiger partial charge in [0.25, 0.3) is 5.91 Å². The summed E-state index contributed by atoms with van der Waals surface area (Å²) in [5.41, 5.74) is 1.68. The highest BCUT2D eigenvalue weighted by atomic mass is 16.2. The van der Waals surface area contributed by atoms with E-state index in [2.05, 4.69) is 33.0 Å². The molecule has 1 unspecified atom stereocenters. The van der Waals surface area contributed by atoms with Gasteiger partial charge < -0.3 is 10.2 Å². The van der Waals surface area contributed by atoms with Gasteiger partial charge in [-0.05, 0) is 46.2 Å². The predicted molar refractivity (Wildman–Crippen MR) is 81.7 cm³/mol. The molecule has 0 saturated heterocycles. The summed E-state index contributed by atoms with van der Waals surface area (Å²) in [5, 5.41) is 3.34. The average molecular weight is 262 g/mol. The zero-order chi connectivity index (χ0) is 14.4. The number of carbonyl (C=O) groups is 1. The van der Waals surface area contributed by atoms with Gasteiger partial charge in [-0.25, -0.2) is 0 Å². The van der Waals surface area contributed by atoms with Gasteiger partial charge in [0.05, 0.1) is 5.56 Å². The van der Waals surface area contributed by atoms with Crippen molar-refractivity contribution >= 4 is 11.6 Å². The summed E-state index contributed by atoms with van der Waals surface area (Å²) in [6, 6.07) is 8.33. The molecule has 0 spiro atoms. The molecule has 0 heterocycles. The standard InChI is InChI=1S/C16H26N2O/c1-6-13(5)18(7-2)16(19)14-10-8-9-11-15(14)17-12(3)4/h8-13,17H,6-7H2,1-5H3. The van der Waals surface area contributed by atoms with Gasteiger partial charge in [-0.2, -0.15) is 0 Å². The van der Waals surface area contributed by atoms with E-state index in [1.165, 1.54) is 0 Å². The highest BCUT2D eigenvalue weighted by Gasteiger charge is 2.21. The Kier molecular flexibility index (Phi) is 5.87.